The van der Waals surface area contributed by atoms with Gasteiger partial charge in [-0.1, -0.05) is 6.07 Å². The number of nitriles is 1. The van der Waals surface area contributed by atoms with Crippen molar-refractivity contribution >= 4 is 10.9 Å². The highest BCUT2D eigenvalue weighted by atomic mass is 14.7. The molecule has 2 rings (SSSR count). The number of nitrogens with two attached hydrogens (primary N) is 1. The van der Waals surface area contributed by atoms with E-state index in [1.165, 1.54) is 0 Å². The smallest absolute Gasteiger partial charge is 0.118 e. The van der Waals surface area contributed by atoms with Crippen molar-refractivity contribution in [3.63, 3.8) is 0 Å². The van der Waals surface area contributed by atoms with Crippen LogP contribution in [0.1, 0.15) is 11.6 Å². The molecule has 0 aliphatic carbocycles. The molecular weight excluding hydrogens is 162 g/mol. The third-order valence-corrected chi connectivity index (χ3v) is 2.08. The van der Waals surface area contributed by atoms with Gasteiger partial charge in [0.25, 0.3) is 0 Å². The second-order valence-corrected chi connectivity index (χ2v) is 2.93. The van der Waals surface area contributed by atoms with Gasteiger partial charge in [0.05, 0.1) is 6.07 Å². The first kappa shape index (κ1) is 7.84. The van der Waals surface area contributed by atoms with Crippen LogP contribution in [0.5, 0.6) is 0 Å². The molecule has 1 atom stereocenters. The molecule has 0 amide bonds. The Morgan fingerprint density at radius 1 is 1.38 bits per heavy atom. The molecule has 3 nitrogen and oxygen atoms in total. The number of hydrogen-bond acceptors (Lipinski definition) is 2. The van der Waals surface area contributed by atoms with Gasteiger partial charge in [0, 0.05) is 11.7 Å². The van der Waals surface area contributed by atoms with Crippen LogP contribution in [0.25, 0.3) is 10.9 Å². The third-order valence-electron chi connectivity index (χ3n) is 2.08. The molecule has 3 heteroatoms. The monoisotopic (exact) mass is 171 g/mol. The Balaban J connectivity index is 2.55. The van der Waals surface area contributed by atoms with E-state index in [-0.39, 0.29) is 0 Å². The summed E-state index contributed by atoms with van der Waals surface area (Å²) in [6.45, 7) is 0. The number of rotatable bonds is 1. The minimum atomic E-state index is -0.528. The Morgan fingerprint density at radius 2 is 2.23 bits per heavy atom. The zero-order valence-corrected chi connectivity index (χ0v) is 6.99. The molecule has 3 N–H and O–H groups in total. The zero-order chi connectivity index (χ0) is 9.26. The summed E-state index contributed by atoms with van der Waals surface area (Å²) < 4.78 is 0. The van der Waals surface area contributed by atoms with Crippen LogP contribution in [0.3, 0.4) is 0 Å². The second kappa shape index (κ2) is 2.92. The first-order chi connectivity index (χ1) is 6.31. The van der Waals surface area contributed by atoms with E-state index >= 15 is 0 Å². The van der Waals surface area contributed by atoms with E-state index in [1.807, 2.05) is 36.5 Å². The van der Waals surface area contributed by atoms with Gasteiger partial charge in [-0.05, 0) is 29.1 Å². The van der Waals surface area contributed by atoms with Crippen LogP contribution in [-0.4, -0.2) is 4.98 Å². The SMILES string of the molecule is N#C[C@@H](N)c1ccc2[nH]ccc2c1. The standard InChI is InChI=1S/C10H9N3/c11-6-9(12)7-1-2-10-8(5-7)3-4-13-10/h1-5,9,13H,12H2/t9-/m1/s1. The molecule has 0 saturated heterocycles. The topological polar surface area (TPSA) is 65.6 Å². The van der Waals surface area contributed by atoms with Gasteiger partial charge in [-0.25, -0.2) is 0 Å². The maximum atomic E-state index is 8.63. The van der Waals surface area contributed by atoms with Crippen LogP contribution in [0.2, 0.25) is 0 Å². The fourth-order valence-corrected chi connectivity index (χ4v) is 1.34. The van der Waals surface area contributed by atoms with Crippen LogP contribution < -0.4 is 5.73 Å². The normalized spacial score (nSPS) is 12.6. The highest BCUT2D eigenvalue weighted by Gasteiger charge is 2.04. The maximum absolute atomic E-state index is 8.63. The van der Waals surface area contributed by atoms with E-state index in [1.54, 1.807) is 0 Å². The number of nitrogens with zero attached hydrogens (tertiary/aromatic N) is 1. The molecule has 0 fully saturated rings. The minimum Gasteiger partial charge on any atom is -0.361 e. The van der Waals surface area contributed by atoms with Crippen LogP contribution in [0.4, 0.5) is 0 Å². The molecule has 0 radical (unpaired) electrons. The van der Waals surface area contributed by atoms with Gasteiger partial charge in [0.15, 0.2) is 0 Å². The average Bonchev–Trinajstić information content (AvgIpc) is 2.63. The lowest BCUT2D eigenvalue weighted by molar-refractivity contribution is 0.929. The number of aromatic amines is 1. The predicted molar refractivity (Wildman–Crippen MR) is 50.8 cm³/mol. The van der Waals surface area contributed by atoms with Crippen LogP contribution in [0.15, 0.2) is 30.5 Å². The predicted octanol–water partition coefficient (Wildman–Crippen LogP) is 1.69. The summed E-state index contributed by atoms with van der Waals surface area (Å²) in [6.07, 6.45) is 1.87. The van der Waals surface area contributed by atoms with Gasteiger partial charge in [-0.2, -0.15) is 5.26 Å². The van der Waals surface area contributed by atoms with Crippen molar-refractivity contribution in [2.75, 3.05) is 0 Å². The van der Waals surface area contributed by atoms with Crippen molar-refractivity contribution in [2.45, 2.75) is 6.04 Å². The number of benzene rings is 1. The van der Waals surface area contributed by atoms with Crippen molar-refractivity contribution in [3.8, 4) is 6.07 Å². The van der Waals surface area contributed by atoms with E-state index in [0.717, 1.165) is 16.5 Å². The van der Waals surface area contributed by atoms with E-state index in [2.05, 4.69) is 4.98 Å². The number of H-pyrrole nitrogens is 1. The summed E-state index contributed by atoms with van der Waals surface area (Å²) in [7, 11) is 0. The average molecular weight is 171 g/mol. The van der Waals surface area contributed by atoms with Crippen LogP contribution in [0, 0.1) is 11.3 Å². The summed E-state index contributed by atoms with van der Waals surface area (Å²) in [5.74, 6) is 0. The summed E-state index contributed by atoms with van der Waals surface area (Å²) in [5, 5.41) is 9.71. The molecule has 13 heavy (non-hydrogen) atoms. The Morgan fingerprint density at radius 3 is 3.00 bits per heavy atom. The summed E-state index contributed by atoms with van der Waals surface area (Å²) >= 11 is 0. The molecule has 0 saturated carbocycles. The number of nitrogens with one attached hydrogen (secondary N) is 1. The van der Waals surface area contributed by atoms with Crippen molar-refractivity contribution in [3.05, 3.63) is 36.0 Å². The van der Waals surface area contributed by atoms with E-state index in [4.69, 9.17) is 11.0 Å². The van der Waals surface area contributed by atoms with Crippen molar-refractivity contribution in [1.29, 1.82) is 5.26 Å². The number of fused-ring (bicyclic) bond motifs is 1. The summed E-state index contributed by atoms with van der Waals surface area (Å²) in [5.41, 5.74) is 7.50. The van der Waals surface area contributed by atoms with Crippen LogP contribution >= 0.6 is 0 Å². The van der Waals surface area contributed by atoms with Crippen LogP contribution in [-0.2, 0) is 0 Å². The molecule has 0 unspecified atom stereocenters. The molecule has 64 valence electrons. The highest BCUT2D eigenvalue weighted by Crippen LogP contribution is 2.17. The maximum Gasteiger partial charge on any atom is 0.118 e. The van der Waals surface area contributed by atoms with Crippen molar-refractivity contribution in [1.82, 2.24) is 4.98 Å². The third kappa shape index (κ3) is 1.28. The Bertz CT molecular complexity index is 464. The van der Waals surface area contributed by atoms with Crippen molar-refractivity contribution in [2.24, 2.45) is 5.73 Å². The fraction of sp³-hybridized carbons (Fsp3) is 0.100. The lowest BCUT2D eigenvalue weighted by atomic mass is 10.1. The molecule has 1 aromatic carbocycles. The van der Waals surface area contributed by atoms with Gasteiger partial charge in [0.2, 0.25) is 0 Å². The van der Waals surface area contributed by atoms with Gasteiger partial charge < -0.3 is 10.7 Å². The lowest BCUT2D eigenvalue weighted by Gasteiger charge is -2.01. The lowest BCUT2D eigenvalue weighted by Crippen LogP contribution is -2.06. The molecular formula is C10H9N3. The molecule has 0 aliphatic heterocycles. The zero-order valence-electron chi connectivity index (χ0n) is 6.99. The highest BCUT2D eigenvalue weighted by molar-refractivity contribution is 5.80. The molecule has 0 aliphatic rings. The van der Waals surface area contributed by atoms with Gasteiger partial charge in [-0.15, -0.1) is 0 Å². The first-order valence-electron chi connectivity index (χ1n) is 4.03. The summed E-state index contributed by atoms with van der Waals surface area (Å²) in [4.78, 5) is 3.08. The van der Waals surface area contributed by atoms with Gasteiger partial charge >= 0.3 is 0 Å². The van der Waals surface area contributed by atoms with Crippen molar-refractivity contribution < 1.29 is 0 Å². The first-order valence-corrected chi connectivity index (χ1v) is 4.03. The Hall–Kier alpha value is -1.79. The fourth-order valence-electron chi connectivity index (χ4n) is 1.34. The molecule has 1 heterocycles. The molecule has 1 aromatic heterocycles. The van der Waals surface area contributed by atoms with Gasteiger partial charge in [0.1, 0.15) is 6.04 Å². The van der Waals surface area contributed by atoms with Gasteiger partial charge in [-0.3, -0.25) is 0 Å². The molecule has 0 bridgehead atoms. The van der Waals surface area contributed by atoms with E-state index in [9.17, 15) is 0 Å². The second-order valence-electron chi connectivity index (χ2n) is 2.93. The Kier molecular flexibility index (Phi) is 1.76. The number of aromatic nitrogens is 1. The largest absolute Gasteiger partial charge is 0.361 e. The van der Waals surface area contributed by atoms with E-state index < -0.39 is 6.04 Å². The molecule has 0 spiro atoms. The Labute approximate surface area is 75.8 Å². The quantitative estimate of drug-likeness (QED) is 0.685. The minimum absolute atomic E-state index is 0.528. The summed E-state index contributed by atoms with van der Waals surface area (Å²) in [6, 6.07) is 9.17. The number of hydrogen-bond donors (Lipinski definition) is 2. The van der Waals surface area contributed by atoms with E-state index in [0.29, 0.717) is 0 Å². The molecule has 2 aromatic rings.